The number of rotatable bonds is 7. The van der Waals surface area contributed by atoms with Gasteiger partial charge in [0, 0.05) is 18.2 Å². The molecule has 1 saturated carbocycles. The molecule has 1 aliphatic heterocycles. The number of aryl methyl sites for hydroxylation is 2. The first-order valence-electron chi connectivity index (χ1n) is 10.8. The number of benzene rings is 1. The Bertz CT molecular complexity index is 1010. The van der Waals surface area contributed by atoms with Crippen LogP contribution in [0.2, 0.25) is 0 Å². The Hall–Kier alpha value is -3.09. The molecule has 1 saturated heterocycles. The van der Waals surface area contributed by atoms with Crippen LogP contribution >= 0.6 is 0 Å². The van der Waals surface area contributed by atoms with Gasteiger partial charge in [-0.15, -0.1) is 0 Å². The summed E-state index contributed by atoms with van der Waals surface area (Å²) in [6.07, 6.45) is 2.19. The molecule has 2 unspecified atom stereocenters. The number of urea groups is 1. The van der Waals surface area contributed by atoms with Crippen molar-refractivity contribution in [1.29, 1.82) is 0 Å². The fourth-order valence-corrected chi connectivity index (χ4v) is 4.45. The third kappa shape index (κ3) is 3.96. The second kappa shape index (κ2) is 7.87. The van der Waals surface area contributed by atoms with Crippen LogP contribution in [0.1, 0.15) is 49.3 Å². The molecule has 0 bridgehead atoms. The van der Waals surface area contributed by atoms with E-state index in [0.717, 1.165) is 23.3 Å². The molecule has 0 radical (unpaired) electrons. The van der Waals surface area contributed by atoms with Gasteiger partial charge in [-0.3, -0.25) is 14.5 Å². The third-order valence-corrected chi connectivity index (χ3v) is 6.46. The lowest BCUT2D eigenvalue weighted by Gasteiger charge is -2.31. The summed E-state index contributed by atoms with van der Waals surface area (Å²) in [5.74, 6) is 1.05. The Morgan fingerprint density at radius 2 is 1.94 bits per heavy atom. The predicted octanol–water partition coefficient (Wildman–Crippen LogP) is 3.49. The number of furan rings is 1. The molecule has 1 aromatic carbocycles. The highest BCUT2D eigenvalue weighted by molar-refractivity contribution is 6.09. The summed E-state index contributed by atoms with van der Waals surface area (Å²) < 4.78 is 5.56. The van der Waals surface area contributed by atoms with Gasteiger partial charge in [-0.05, 0) is 58.1 Å². The lowest BCUT2D eigenvalue weighted by Crippen LogP contribution is -2.47. The van der Waals surface area contributed by atoms with Crippen molar-refractivity contribution in [3.05, 3.63) is 59.0 Å². The Morgan fingerprint density at radius 3 is 2.52 bits per heavy atom. The van der Waals surface area contributed by atoms with Gasteiger partial charge in [-0.2, -0.15) is 0 Å². The number of hydrogen-bond acceptors (Lipinski definition) is 4. The number of amides is 4. The van der Waals surface area contributed by atoms with Crippen LogP contribution in [-0.2, 0) is 21.7 Å². The van der Waals surface area contributed by atoms with Crippen molar-refractivity contribution in [3.63, 3.8) is 0 Å². The van der Waals surface area contributed by atoms with Gasteiger partial charge in [0.1, 0.15) is 23.6 Å². The van der Waals surface area contributed by atoms with Gasteiger partial charge in [-0.25, -0.2) is 4.79 Å². The van der Waals surface area contributed by atoms with E-state index in [1.807, 2.05) is 37.3 Å². The van der Waals surface area contributed by atoms with E-state index in [1.54, 1.807) is 31.7 Å². The lowest BCUT2D eigenvalue weighted by molar-refractivity contribution is -0.140. The highest BCUT2D eigenvalue weighted by Gasteiger charge is 2.51. The summed E-state index contributed by atoms with van der Waals surface area (Å²) in [6.45, 7) is 7.44. The minimum Gasteiger partial charge on any atom is -0.466 e. The van der Waals surface area contributed by atoms with E-state index in [-0.39, 0.29) is 18.5 Å². The zero-order chi connectivity index (χ0) is 22.3. The number of carbonyl (C=O) groups is 3. The highest BCUT2D eigenvalue weighted by atomic mass is 16.3. The Kier molecular flexibility index (Phi) is 5.37. The molecule has 1 N–H and O–H groups in total. The fraction of sp³-hybridized carbons (Fsp3) is 0.458. The van der Waals surface area contributed by atoms with E-state index in [9.17, 15) is 14.4 Å². The molecule has 1 aliphatic carbocycles. The van der Waals surface area contributed by atoms with Crippen molar-refractivity contribution < 1.29 is 18.8 Å². The highest BCUT2D eigenvalue weighted by Crippen LogP contribution is 2.36. The smallest absolute Gasteiger partial charge is 0.325 e. The second-order valence-corrected chi connectivity index (χ2v) is 8.86. The van der Waals surface area contributed by atoms with Gasteiger partial charge in [0.2, 0.25) is 5.91 Å². The summed E-state index contributed by atoms with van der Waals surface area (Å²) >= 11 is 0. The molecule has 7 nitrogen and oxygen atoms in total. The molecule has 2 heterocycles. The van der Waals surface area contributed by atoms with Gasteiger partial charge in [0.15, 0.2) is 0 Å². The molecule has 0 spiro atoms. The summed E-state index contributed by atoms with van der Waals surface area (Å²) in [5, 5.41) is 2.77. The van der Waals surface area contributed by atoms with Gasteiger partial charge in [-0.1, -0.05) is 30.3 Å². The first-order chi connectivity index (χ1) is 14.7. The average Bonchev–Trinajstić information content (AvgIpc) is 3.49. The van der Waals surface area contributed by atoms with E-state index in [0.29, 0.717) is 29.5 Å². The van der Waals surface area contributed by atoms with Crippen LogP contribution in [0.25, 0.3) is 0 Å². The van der Waals surface area contributed by atoms with Crippen molar-refractivity contribution in [2.45, 2.75) is 58.7 Å². The minimum atomic E-state index is -1.24. The van der Waals surface area contributed by atoms with Crippen LogP contribution in [0.3, 0.4) is 0 Å². The predicted molar refractivity (Wildman–Crippen MR) is 115 cm³/mol. The van der Waals surface area contributed by atoms with Gasteiger partial charge >= 0.3 is 6.03 Å². The zero-order valence-electron chi connectivity index (χ0n) is 18.5. The summed E-state index contributed by atoms with van der Waals surface area (Å²) in [4.78, 5) is 42.1. The monoisotopic (exact) mass is 423 g/mol. The molecule has 4 amide bonds. The largest absolute Gasteiger partial charge is 0.466 e. The first-order valence-corrected chi connectivity index (χ1v) is 10.8. The standard InChI is InChI=1S/C24H29N3O4/c1-15-12-20(17(3)31-15)24(4)22(29)27(23(30)25-24)14-21(28)26(16(2)19-10-11-19)13-18-8-6-5-7-9-18/h5-9,12,16,19H,10-11,13-14H2,1-4H3,(H,25,30). The zero-order valence-corrected chi connectivity index (χ0v) is 18.5. The van der Waals surface area contributed by atoms with Crippen LogP contribution in [-0.4, -0.2) is 40.2 Å². The normalized spacial score (nSPS) is 21.9. The second-order valence-electron chi connectivity index (χ2n) is 8.86. The number of carbonyl (C=O) groups excluding carboxylic acids is 3. The molecule has 7 heteroatoms. The number of nitrogens with zero attached hydrogens (tertiary/aromatic N) is 2. The molecule has 2 aromatic rings. The van der Waals surface area contributed by atoms with Crippen LogP contribution in [0.5, 0.6) is 0 Å². The SMILES string of the molecule is Cc1cc(C2(C)NC(=O)N(CC(=O)N(Cc3ccccc3)C(C)C3CC3)C2=O)c(C)o1. The summed E-state index contributed by atoms with van der Waals surface area (Å²) in [7, 11) is 0. The lowest BCUT2D eigenvalue weighted by atomic mass is 9.92. The quantitative estimate of drug-likeness (QED) is 0.691. The molecule has 2 aliphatic rings. The van der Waals surface area contributed by atoms with Crippen LogP contribution < -0.4 is 5.32 Å². The Morgan fingerprint density at radius 1 is 1.26 bits per heavy atom. The molecular weight excluding hydrogens is 394 g/mol. The van der Waals surface area contributed by atoms with Gasteiger partial charge in [0.25, 0.3) is 5.91 Å². The van der Waals surface area contributed by atoms with Crippen molar-refractivity contribution in [2.24, 2.45) is 5.92 Å². The molecule has 2 atom stereocenters. The summed E-state index contributed by atoms with van der Waals surface area (Å²) in [5.41, 5.74) is 0.395. The molecular formula is C24H29N3O4. The number of hydrogen-bond donors (Lipinski definition) is 1. The maximum Gasteiger partial charge on any atom is 0.325 e. The van der Waals surface area contributed by atoms with Crippen LogP contribution in [0.15, 0.2) is 40.8 Å². The maximum atomic E-state index is 13.3. The van der Waals surface area contributed by atoms with Crippen molar-refractivity contribution in [2.75, 3.05) is 6.54 Å². The Labute approximate surface area is 182 Å². The number of nitrogens with one attached hydrogen (secondary N) is 1. The molecule has 4 rings (SSSR count). The van der Waals surface area contributed by atoms with Crippen molar-refractivity contribution in [3.8, 4) is 0 Å². The van der Waals surface area contributed by atoms with E-state index in [1.165, 1.54) is 0 Å². The van der Waals surface area contributed by atoms with Crippen LogP contribution in [0, 0.1) is 19.8 Å². The maximum absolute atomic E-state index is 13.3. The van der Waals surface area contributed by atoms with Crippen molar-refractivity contribution >= 4 is 17.8 Å². The van der Waals surface area contributed by atoms with E-state index in [4.69, 9.17) is 4.42 Å². The molecule has 31 heavy (non-hydrogen) atoms. The van der Waals surface area contributed by atoms with E-state index >= 15 is 0 Å². The first kappa shape index (κ1) is 21.2. The third-order valence-electron chi connectivity index (χ3n) is 6.46. The van der Waals surface area contributed by atoms with Crippen LogP contribution in [0.4, 0.5) is 4.79 Å². The fourth-order valence-electron chi connectivity index (χ4n) is 4.45. The average molecular weight is 424 g/mol. The topological polar surface area (TPSA) is 82.9 Å². The number of imide groups is 1. The summed E-state index contributed by atoms with van der Waals surface area (Å²) in [6, 6.07) is 11.0. The minimum absolute atomic E-state index is 0.0543. The molecule has 164 valence electrons. The molecule has 2 fully saturated rings. The van der Waals surface area contributed by atoms with Gasteiger partial charge < -0.3 is 14.6 Å². The Balaban J connectivity index is 1.54. The van der Waals surface area contributed by atoms with Crippen molar-refractivity contribution in [1.82, 2.24) is 15.1 Å². The molecule has 1 aromatic heterocycles. The van der Waals surface area contributed by atoms with E-state index in [2.05, 4.69) is 5.32 Å². The van der Waals surface area contributed by atoms with Gasteiger partial charge in [0.05, 0.1) is 0 Å². The van der Waals surface area contributed by atoms with E-state index < -0.39 is 17.5 Å².